The van der Waals surface area contributed by atoms with E-state index < -0.39 is 62.0 Å². The van der Waals surface area contributed by atoms with E-state index in [1.165, 1.54) is 27.7 Å². The van der Waals surface area contributed by atoms with Crippen LogP contribution in [0.2, 0.25) is 10.0 Å². The van der Waals surface area contributed by atoms with Crippen LogP contribution in [0.25, 0.3) is 0 Å². The molecule has 17 nitrogen and oxygen atoms in total. The molecule has 3 saturated heterocycles. The Balaban J connectivity index is 0.000000252. The molecule has 2 aromatic carbocycles. The molecule has 5 rings (SSSR count). The zero-order valence-corrected chi connectivity index (χ0v) is 37.8. The monoisotopic (exact) mass is 918 g/mol. The lowest BCUT2D eigenvalue weighted by Gasteiger charge is -2.43. The Morgan fingerprint density at radius 3 is 1.42 bits per heavy atom. The molecule has 348 valence electrons. The second kappa shape index (κ2) is 24.9. The molecule has 3 aliphatic heterocycles. The molecule has 0 spiro atoms. The molecule has 62 heavy (non-hydrogen) atoms. The van der Waals surface area contributed by atoms with Crippen molar-refractivity contribution < 1.29 is 82.2 Å². The summed E-state index contributed by atoms with van der Waals surface area (Å²) in [7, 11) is 0. The standard InChI is InChI=1S/C18H23ClO6.C13H22O5.C12H15ClO6/c1-10-11(2)17(23-13(4)21)18(25-16(10)9-22-12(3)20)24-15-8-6-5-7-14(15)19;1-7-8(2)12(6-16-10(4)14)18-13(9(7)3)17-11(5)15;13-6-3-1-2-4-7(6)18-12-11(17)10(16)9(15)8(5-14)19-12/h5-8,10-11,16-18H,9H2,1-4H3;7-9,12-13H,6H2,1-5H3;1-4,8-12,14-17H,5H2/t10-,11-,16?,17?,18+;7-,8-,9?,12?,13?;8?,9-,10+,11?,12-/m001/s1. The van der Waals surface area contributed by atoms with Gasteiger partial charge in [-0.05, 0) is 42.0 Å². The van der Waals surface area contributed by atoms with Gasteiger partial charge in [-0.15, -0.1) is 0 Å². The van der Waals surface area contributed by atoms with Gasteiger partial charge in [0.05, 0.1) is 28.9 Å². The molecular formula is C43H60Cl2O17. The zero-order valence-electron chi connectivity index (χ0n) is 36.3. The maximum Gasteiger partial charge on any atom is 0.304 e. The van der Waals surface area contributed by atoms with E-state index in [0.717, 1.165) is 0 Å². The lowest BCUT2D eigenvalue weighted by atomic mass is 9.79. The molecule has 4 N–H and O–H groups in total. The van der Waals surface area contributed by atoms with Crippen LogP contribution in [0.3, 0.4) is 0 Å². The minimum absolute atomic E-state index is 0.00482. The molecule has 0 amide bonds. The van der Waals surface area contributed by atoms with Crippen LogP contribution < -0.4 is 9.47 Å². The predicted octanol–water partition coefficient (Wildman–Crippen LogP) is 4.48. The maximum atomic E-state index is 11.5. The van der Waals surface area contributed by atoms with E-state index >= 15 is 0 Å². The van der Waals surface area contributed by atoms with E-state index in [4.69, 9.17) is 70.9 Å². The lowest BCUT2D eigenvalue weighted by Crippen LogP contribution is -2.60. The number of hydrogen-bond acceptors (Lipinski definition) is 17. The summed E-state index contributed by atoms with van der Waals surface area (Å²) >= 11 is 12.0. The minimum atomic E-state index is -1.47. The second-order valence-corrected chi connectivity index (χ2v) is 16.3. The first-order chi connectivity index (χ1) is 29.2. The van der Waals surface area contributed by atoms with Crippen molar-refractivity contribution >= 4 is 47.1 Å². The molecule has 3 fully saturated rings. The summed E-state index contributed by atoms with van der Waals surface area (Å²) in [6, 6.07) is 13.5. The van der Waals surface area contributed by atoms with Gasteiger partial charge in [0.2, 0.25) is 18.9 Å². The van der Waals surface area contributed by atoms with Gasteiger partial charge >= 0.3 is 23.9 Å². The quantitative estimate of drug-likeness (QED) is 0.180. The summed E-state index contributed by atoms with van der Waals surface area (Å²) in [5.74, 6) is -0.172. The van der Waals surface area contributed by atoms with Gasteiger partial charge in [0.15, 0.2) is 6.10 Å². The van der Waals surface area contributed by atoms with Gasteiger partial charge in [-0.25, -0.2) is 0 Å². The Labute approximate surface area is 371 Å². The Morgan fingerprint density at radius 2 is 0.968 bits per heavy atom. The second-order valence-electron chi connectivity index (χ2n) is 15.5. The SMILES string of the molecule is CC(=O)OCC1OC(OC(C)=O)C(C)[C@@H](C)[C@@H]1C.CC(=O)OCC1O[C@@H](Oc2ccccc2Cl)C(OC(C)=O)[C@@H](C)[C@@H]1C.OCC1O[C@@H](Oc2ccccc2Cl)C(O)[C@@H](O)[C@@H]1O. The summed E-state index contributed by atoms with van der Waals surface area (Å²) in [5.41, 5.74) is 0. The first-order valence-corrected chi connectivity index (χ1v) is 21.0. The number of aliphatic hydroxyl groups excluding tert-OH is 4. The van der Waals surface area contributed by atoms with E-state index in [2.05, 4.69) is 13.8 Å². The highest BCUT2D eigenvalue weighted by molar-refractivity contribution is 6.32. The van der Waals surface area contributed by atoms with Crippen molar-refractivity contribution in [2.24, 2.45) is 29.6 Å². The fourth-order valence-electron chi connectivity index (χ4n) is 6.77. The van der Waals surface area contributed by atoms with Crippen LogP contribution in [0.5, 0.6) is 11.5 Å². The van der Waals surface area contributed by atoms with Crippen LogP contribution in [0.15, 0.2) is 48.5 Å². The Morgan fingerprint density at radius 1 is 0.532 bits per heavy atom. The van der Waals surface area contributed by atoms with Gasteiger partial charge in [0.1, 0.15) is 49.1 Å². The molecule has 2 aromatic rings. The highest BCUT2D eigenvalue weighted by Gasteiger charge is 2.47. The topological polar surface area (TPSA) is 232 Å². The summed E-state index contributed by atoms with van der Waals surface area (Å²) < 4.78 is 48.8. The summed E-state index contributed by atoms with van der Waals surface area (Å²) in [6.07, 6.45) is -9.19. The Bertz CT molecular complexity index is 1740. The van der Waals surface area contributed by atoms with Gasteiger partial charge in [-0.3, -0.25) is 19.2 Å². The van der Waals surface area contributed by atoms with Crippen molar-refractivity contribution in [2.75, 3.05) is 19.8 Å². The molecule has 0 saturated carbocycles. The normalized spacial score (nSPS) is 32.9. The minimum Gasteiger partial charge on any atom is -0.463 e. The van der Waals surface area contributed by atoms with Crippen molar-refractivity contribution in [2.45, 2.75) is 124 Å². The molecule has 3 aliphatic rings. The van der Waals surface area contributed by atoms with E-state index in [0.29, 0.717) is 21.7 Å². The van der Waals surface area contributed by atoms with E-state index in [9.17, 15) is 34.5 Å². The molecule has 0 radical (unpaired) electrons. The highest BCUT2D eigenvalue weighted by atomic mass is 35.5. The number of halogens is 2. The maximum absolute atomic E-state index is 11.5. The van der Waals surface area contributed by atoms with E-state index in [1.807, 2.05) is 20.8 Å². The van der Waals surface area contributed by atoms with E-state index in [1.54, 1.807) is 48.5 Å². The number of rotatable bonds is 11. The van der Waals surface area contributed by atoms with Crippen molar-refractivity contribution in [3.8, 4) is 11.5 Å². The zero-order chi connectivity index (χ0) is 46.4. The van der Waals surface area contributed by atoms with Gasteiger partial charge < -0.3 is 63.1 Å². The number of carbonyl (C=O) groups is 4. The number of carbonyl (C=O) groups excluding carboxylic acids is 4. The van der Waals surface area contributed by atoms with Crippen LogP contribution in [-0.2, 0) is 52.3 Å². The van der Waals surface area contributed by atoms with Crippen LogP contribution in [0.1, 0.15) is 62.3 Å². The average molecular weight is 920 g/mol. The number of hydrogen-bond donors (Lipinski definition) is 4. The number of ether oxygens (including phenoxy) is 9. The van der Waals surface area contributed by atoms with Gasteiger partial charge in [-0.1, -0.05) is 82.1 Å². The fraction of sp³-hybridized carbons (Fsp3) is 0.628. The van der Waals surface area contributed by atoms with Gasteiger partial charge in [0, 0.05) is 39.5 Å². The van der Waals surface area contributed by atoms with Crippen molar-refractivity contribution in [1.82, 2.24) is 0 Å². The Hall–Kier alpha value is -3.78. The summed E-state index contributed by atoms with van der Waals surface area (Å²) in [4.78, 5) is 44.5. The predicted molar refractivity (Wildman–Crippen MR) is 222 cm³/mol. The van der Waals surface area contributed by atoms with Gasteiger partial charge in [-0.2, -0.15) is 0 Å². The van der Waals surface area contributed by atoms with Gasteiger partial charge in [0.25, 0.3) is 0 Å². The lowest BCUT2D eigenvalue weighted by molar-refractivity contribution is -0.277. The smallest absolute Gasteiger partial charge is 0.304 e. The van der Waals surface area contributed by atoms with Crippen LogP contribution in [0.4, 0.5) is 0 Å². The first-order valence-electron chi connectivity index (χ1n) is 20.2. The number of aliphatic hydroxyl groups is 4. The average Bonchev–Trinajstić information content (AvgIpc) is 3.21. The third-order valence-electron chi connectivity index (χ3n) is 11.0. The third kappa shape index (κ3) is 15.2. The number of para-hydroxylation sites is 2. The van der Waals surface area contributed by atoms with Crippen LogP contribution in [-0.4, -0.2) is 126 Å². The fourth-order valence-corrected chi connectivity index (χ4v) is 7.13. The molecule has 0 aromatic heterocycles. The molecule has 0 aliphatic carbocycles. The largest absolute Gasteiger partial charge is 0.463 e. The van der Waals surface area contributed by atoms with Crippen molar-refractivity contribution in [3.63, 3.8) is 0 Å². The first kappa shape index (κ1) is 52.6. The molecule has 3 heterocycles. The summed E-state index contributed by atoms with van der Waals surface area (Å²) in [6.45, 7) is 15.3. The van der Waals surface area contributed by atoms with E-state index in [-0.39, 0.29) is 72.8 Å². The van der Waals surface area contributed by atoms with Crippen molar-refractivity contribution in [1.29, 1.82) is 0 Å². The number of esters is 4. The molecule has 0 bridgehead atoms. The highest BCUT2D eigenvalue weighted by Crippen LogP contribution is 2.37. The molecule has 15 atom stereocenters. The number of benzene rings is 2. The van der Waals surface area contributed by atoms with Crippen LogP contribution in [0, 0.1) is 29.6 Å². The van der Waals surface area contributed by atoms with Crippen LogP contribution >= 0.6 is 23.2 Å². The molecule has 19 heteroatoms. The third-order valence-corrected chi connectivity index (χ3v) is 11.6. The van der Waals surface area contributed by atoms with Crippen molar-refractivity contribution in [3.05, 3.63) is 58.6 Å². The molecular weight excluding hydrogens is 859 g/mol. The summed E-state index contributed by atoms with van der Waals surface area (Å²) in [5, 5.41) is 38.8. The Kier molecular flexibility index (Phi) is 21.1. The molecule has 7 unspecified atom stereocenters.